The maximum absolute atomic E-state index is 2.27. The highest BCUT2D eigenvalue weighted by molar-refractivity contribution is 7.15. The molecule has 0 atom stereocenters. The number of thiophene rings is 1. The summed E-state index contributed by atoms with van der Waals surface area (Å²) in [5.74, 6) is 0. The van der Waals surface area contributed by atoms with E-state index in [9.17, 15) is 0 Å². The Kier molecular flexibility index (Phi) is 2.79. The summed E-state index contributed by atoms with van der Waals surface area (Å²) in [6.45, 7) is 6.81. The summed E-state index contributed by atoms with van der Waals surface area (Å²) in [6, 6.07) is 13.1. The van der Waals surface area contributed by atoms with Crippen LogP contribution in [-0.4, -0.2) is 4.57 Å². The van der Waals surface area contributed by atoms with E-state index in [1.807, 2.05) is 11.3 Å². The normalized spacial score (nSPS) is 12.2. The smallest absolute Gasteiger partial charge is 0.0484 e. The third kappa shape index (κ3) is 2.10. The van der Waals surface area contributed by atoms with Crippen molar-refractivity contribution in [2.45, 2.75) is 26.2 Å². The molecule has 3 rings (SSSR count). The predicted octanol–water partition coefficient (Wildman–Crippen LogP) is 5.20. The Morgan fingerprint density at radius 3 is 2.42 bits per heavy atom. The van der Waals surface area contributed by atoms with E-state index in [-0.39, 0.29) is 5.41 Å². The molecule has 2 heteroatoms. The maximum Gasteiger partial charge on any atom is 0.0484 e. The summed E-state index contributed by atoms with van der Waals surface area (Å²) >= 11 is 1.91. The fraction of sp³-hybridized carbons (Fsp3) is 0.294. The van der Waals surface area contributed by atoms with Gasteiger partial charge in [-0.05, 0) is 23.6 Å². The SMILES string of the molecule is Cn1cc(-c2ccc(C(C)(C)C)s2)c2ccccc21. The Hall–Kier alpha value is -1.54. The lowest BCUT2D eigenvalue weighted by Gasteiger charge is -2.15. The third-order valence-corrected chi connectivity index (χ3v) is 5.05. The lowest BCUT2D eigenvalue weighted by atomic mass is 9.95. The van der Waals surface area contributed by atoms with E-state index in [2.05, 4.69) is 75.0 Å². The first kappa shape index (κ1) is 12.5. The van der Waals surface area contributed by atoms with E-state index < -0.39 is 0 Å². The van der Waals surface area contributed by atoms with Gasteiger partial charge in [-0.25, -0.2) is 0 Å². The quantitative estimate of drug-likeness (QED) is 0.572. The second-order valence-electron chi connectivity index (χ2n) is 6.08. The Morgan fingerprint density at radius 1 is 1.00 bits per heavy atom. The molecule has 0 aliphatic heterocycles. The van der Waals surface area contributed by atoms with Crippen LogP contribution in [0.25, 0.3) is 21.3 Å². The lowest BCUT2D eigenvalue weighted by Crippen LogP contribution is -2.07. The van der Waals surface area contributed by atoms with Crippen molar-refractivity contribution in [1.82, 2.24) is 4.57 Å². The van der Waals surface area contributed by atoms with Crippen molar-refractivity contribution in [3.8, 4) is 10.4 Å². The highest BCUT2D eigenvalue weighted by Crippen LogP contribution is 2.38. The first-order chi connectivity index (χ1) is 8.97. The highest BCUT2D eigenvalue weighted by atomic mass is 32.1. The van der Waals surface area contributed by atoms with Crippen LogP contribution >= 0.6 is 11.3 Å². The molecule has 2 aromatic heterocycles. The second kappa shape index (κ2) is 4.24. The van der Waals surface area contributed by atoms with Gasteiger partial charge >= 0.3 is 0 Å². The van der Waals surface area contributed by atoms with Gasteiger partial charge < -0.3 is 4.57 Å². The van der Waals surface area contributed by atoms with Crippen LogP contribution in [0.2, 0.25) is 0 Å². The van der Waals surface area contributed by atoms with E-state index >= 15 is 0 Å². The van der Waals surface area contributed by atoms with Gasteiger partial charge in [-0.3, -0.25) is 0 Å². The zero-order chi connectivity index (χ0) is 13.6. The van der Waals surface area contributed by atoms with Gasteiger partial charge in [0, 0.05) is 39.5 Å². The minimum Gasteiger partial charge on any atom is -0.350 e. The minimum atomic E-state index is 0.230. The maximum atomic E-state index is 2.27. The van der Waals surface area contributed by atoms with Crippen molar-refractivity contribution in [3.05, 3.63) is 47.5 Å². The molecule has 0 fully saturated rings. The number of nitrogens with zero attached hydrogens (tertiary/aromatic N) is 1. The van der Waals surface area contributed by atoms with Crippen LogP contribution in [0.15, 0.2) is 42.6 Å². The molecule has 1 aromatic carbocycles. The van der Waals surface area contributed by atoms with Crippen LogP contribution in [-0.2, 0) is 12.5 Å². The highest BCUT2D eigenvalue weighted by Gasteiger charge is 2.17. The van der Waals surface area contributed by atoms with Crippen molar-refractivity contribution in [2.24, 2.45) is 7.05 Å². The summed E-state index contributed by atoms with van der Waals surface area (Å²) in [5, 5.41) is 1.34. The number of hydrogen-bond donors (Lipinski definition) is 0. The van der Waals surface area contributed by atoms with E-state index in [1.54, 1.807) is 0 Å². The van der Waals surface area contributed by atoms with E-state index in [0.29, 0.717) is 0 Å². The molecule has 0 bridgehead atoms. The van der Waals surface area contributed by atoms with Crippen molar-refractivity contribution in [1.29, 1.82) is 0 Å². The van der Waals surface area contributed by atoms with Crippen LogP contribution in [0.1, 0.15) is 25.6 Å². The van der Waals surface area contributed by atoms with Gasteiger partial charge in [-0.2, -0.15) is 0 Å². The average Bonchev–Trinajstić information content (AvgIpc) is 2.94. The standard InChI is InChI=1S/C17H19NS/c1-17(2,3)16-10-9-15(19-16)13-11-18(4)14-8-6-5-7-12(13)14/h5-11H,1-4H3. The molecule has 0 amide bonds. The summed E-state index contributed by atoms with van der Waals surface area (Å²) in [4.78, 5) is 2.80. The molecular weight excluding hydrogens is 250 g/mol. The average molecular weight is 269 g/mol. The van der Waals surface area contributed by atoms with Crippen LogP contribution < -0.4 is 0 Å². The Balaban J connectivity index is 2.17. The number of benzene rings is 1. The van der Waals surface area contributed by atoms with Gasteiger partial charge in [0.15, 0.2) is 0 Å². The molecule has 0 aliphatic rings. The third-order valence-electron chi connectivity index (χ3n) is 3.51. The van der Waals surface area contributed by atoms with Gasteiger partial charge in [-0.15, -0.1) is 11.3 Å². The number of aryl methyl sites for hydroxylation is 1. The number of para-hydroxylation sites is 1. The zero-order valence-corrected chi connectivity index (χ0v) is 12.7. The fourth-order valence-electron chi connectivity index (χ4n) is 2.42. The predicted molar refractivity (Wildman–Crippen MR) is 84.9 cm³/mol. The summed E-state index contributed by atoms with van der Waals surface area (Å²) < 4.78 is 2.21. The molecular formula is C17H19NS. The summed E-state index contributed by atoms with van der Waals surface area (Å²) in [6.07, 6.45) is 2.24. The number of fused-ring (bicyclic) bond motifs is 1. The van der Waals surface area contributed by atoms with Crippen molar-refractivity contribution in [3.63, 3.8) is 0 Å². The molecule has 0 spiro atoms. The number of hydrogen-bond acceptors (Lipinski definition) is 1. The van der Waals surface area contributed by atoms with Gasteiger partial charge in [0.25, 0.3) is 0 Å². The van der Waals surface area contributed by atoms with Crippen molar-refractivity contribution < 1.29 is 0 Å². The monoisotopic (exact) mass is 269 g/mol. The van der Waals surface area contributed by atoms with E-state index in [0.717, 1.165) is 0 Å². The Labute approximate surface area is 118 Å². The molecule has 0 radical (unpaired) electrons. The first-order valence-electron chi connectivity index (χ1n) is 6.61. The molecule has 19 heavy (non-hydrogen) atoms. The molecule has 0 aliphatic carbocycles. The van der Waals surface area contributed by atoms with Crippen LogP contribution in [0.4, 0.5) is 0 Å². The molecule has 0 saturated carbocycles. The van der Waals surface area contributed by atoms with Crippen LogP contribution in [0, 0.1) is 0 Å². The minimum absolute atomic E-state index is 0.230. The molecule has 1 nitrogen and oxygen atoms in total. The largest absolute Gasteiger partial charge is 0.350 e. The van der Waals surface area contributed by atoms with Gasteiger partial charge in [-0.1, -0.05) is 39.0 Å². The van der Waals surface area contributed by atoms with E-state index in [4.69, 9.17) is 0 Å². The second-order valence-corrected chi connectivity index (χ2v) is 7.17. The Bertz CT molecular complexity index is 725. The summed E-state index contributed by atoms with van der Waals surface area (Å²) in [7, 11) is 2.12. The molecule has 2 heterocycles. The molecule has 0 saturated heterocycles. The van der Waals surface area contributed by atoms with E-state index in [1.165, 1.54) is 26.2 Å². The molecule has 0 unspecified atom stereocenters. The molecule has 98 valence electrons. The van der Waals surface area contributed by atoms with Crippen LogP contribution in [0.3, 0.4) is 0 Å². The van der Waals surface area contributed by atoms with Crippen LogP contribution in [0.5, 0.6) is 0 Å². The van der Waals surface area contributed by atoms with Gasteiger partial charge in [0.2, 0.25) is 0 Å². The van der Waals surface area contributed by atoms with Gasteiger partial charge in [0.05, 0.1) is 0 Å². The Morgan fingerprint density at radius 2 is 1.74 bits per heavy atom. The molecule has 0 N–H and O–H groups in total. The van der Waals surface area contributed by atoms with Gasteiger partial charge in [0.1, 0.15) is 0 Å². The number of aromatic nitrogens is 1. The zero-order valence-electron chi connectivity index (χ0n) is 11.9. The van der Waals surface area contributed by atoms with Crippen molar-refractivity contribution >= 4 is 22.2 Å². The number of rotatable bonds is 1. The first-order valence-corrected chi connectivity index (χ1v) is 7.43. The lowest BCUT2D eigenvalue weighted by molar-refractivity contribution is 0.604. The van der Waals surface area contributed by atoms with Crippen molar-refractivity contribution in [2.75, 3.05) is 0 Å². The summed E-state index contributed by atoms with van der Waals surface area (Å²) in [5.41, 5.74) is 2.87. The fourth-order valence-corrected chi connectivity index (χ4v) is 3.51. The molecule has 3 aromatic rings. The topological polar surface area (TPSA) is 4.93 Å².